The molecule has 0 aliphatic carbocycles. The lowest BCUT2D eigenvalue weighted by atomic mass is 10.2. The molecule has 0 unspecified atom stereocenters. The van der Waals surface area contributed by atoms with Gasteiger partial charge in [0.25, 0.3) is 5.56 Å². The van der Waals surface area contributed by atoms with Crippen LogP contribution in [0.4, 0.5) is 15.8 Å². The van der Waals surface area contributed by atoms with Crippen molar-refractivity contribution in [2.75, 3.05) is 29.9 Å². The summed E-state index contributed by atoms with van der Waals surface area (Å²) in [7, 11) is 1.99. The van der Waals surface area contributed by atoms with Crippen LogP contribution in [0.5, 0.6) is 0 Å². The maximum absolute atomic E-state index is 13.9. The Morgan fingerprint density at radius 2 is 1.88 bits per heavy atom. The summed E-state index contributed by atoms with van der Waals surface area (Å²) >= 11 is 0. The summed E-state index contributed by atoms with van der Waals surface area (Å²) in [6, 6.07) is 16.2. The van der Waals surface area contributed by atoms with Crippen LogP contribution >= 0.6 is 0 Å². The Hall–Kier alpha value is -3.74. The summed E-state index contributed by atoms with van der Waals surface area (Å²) in [5.74, 6) is 0.115. The van der Waals surface area contributed by atoms with E-state index in [1.165, 1.54) is 30.7 Å². The van der Waals surface area contributed by atoms with Gasteiger partial charge in [-0.1, -0.05) is 6.07 Å². The first-order chi connectivity index (χ1) is 16.0. The molecule has 1 saturated heterocycles. The van der Waals surface area contributed by atoms with Crippen LogP contribution in [0, 0.1) is 12.7 Å². The third-order valence-corrected chi connectivity index (χ3v) is 6.24. The van der Waals surface area contributed by atoms with Crippen molar-refractivity contribution in [1.29, 1.82) is 0 Å². The molecule has 1 aliphatic heterocycles. The lowest BCUT2D eigenvalue weighted by Gasteiger charge is -2.24. The zero-order chi connectivity index (χ0) is 22.9. The van der Waals surface area contributed by atoms with Crippen molar-refractivity contribution in [1.82, 2.24) is 14.5 Å². The first-order valence-electron chi connectivity index (χ1n) is 11.2. The van der Waals surface area contributed by atoms with Gasteiger partial charge in [-0.3, -0.25) is 14.3 Å². The summed E-state index contributed by atoms with van der Waals surface area (Å²) in [6.45, 7) is 4.41. The van der Waals surface area contributed by atoms with E-state index in [9.17, 15) is 9.18 Å². The number of anilines is 2. The number of aryl methyl sites for hydroxylation is 1. The fraction of sp³-hybridized carbons (Fsp3) is 0.269. The van der Waals surface area contributed by atoms with Gasteiger partial charge in [-0.15, -0.1) is 0 Å². The van der Waals surface area contributed by atoms with E-state index in [0.29, 0.717) is 29.3 Å². The molecule has 5 rings (SSSR count). The zero-order valence-electron chi connectivity index (χ0n) is 18.8. The number of hydrogen-bond donors (Lipinski definition) is 0. The molecule has 2 aromatic heterocycles. The summed E-state index contributed by atoms with van der Waals surface area (Å²) < 4.78 is 15.5. The number of hydrogen-bond acceptors (Lipinski definition) is 5. The SMILES string of the molecule is Cc1ncccc1-n1c(CN(C)c2cccc(N3CCCC3)c2)nc2ccc(F)cc2c1=O. The summed E-state index contributed by atoms with van der Waals surface area (Å²) in [5, 5.41) is 0.251. The van der Waals surface area contributed by atoms with Gasteiger partial charge in [0.05, 0.1) is 28.8 Å². The molecule has 6 nitrogen and oxygen atoms in total. The Morgan fingerprint density at radius 3 is 2.67 bits per heavy atom. The van der Waals surface area contributed by atoms with E-state index < -0.39 is 5.82 Å². The fourth-order valence-corrected chi connectivity index (χ4v) is 4.48. The molecule has 7 heteroatoms. The van der Waals surface area contributed by atoms with Gasteiger partial charge >= 0.3 is 0 Å². The van der Waals surface area contributed by atoms with E-state index in [0.717, 1.165) is 18.8 Å². The van der Waals surface area contributed by atoms with Crippen LogP contribution in [-0.4, -0.2) is 34.7 Å². The number of pyridine rings is 1. The van der Waals surface area contributed by atoms with E-state index in [4.69, 9.17) is 4.98 Å². The minimum atomic E-state index is -0.459. The van der Waals surface area contributed by atoms with Crippen LogP contribution in [0.3, 0.4) is 0 Å². The van der Waals surface area contributed by atoms with Crippen molar-refractivity contribution in [2.24, 2.45) is 0 Å². The highest BCUT2D eigenvalue weighted by molar-refractivity contribution is 5.78. The number of aromatic nitrogens is 3. The quantitative estimate of drug-likeness (QED) is 0.456. The van der Waals surface area contributed by atoms with Crippen molar-refractivity contribution in [2.45, 2.75) is 26.3 Å². The lowest BCUT2D eigenvalue weighted by Crippen LogP contribution is -2.29. The third-order valence-electron chi connectivity index (χ3n) is 6.24. The second-order valence-corrected chi connectivity index (χ2v) is 8.51. The monoisotopic (exact) mass is 443 g/mol. The summed E-state index contributed by atoms with van der Waals surface area (Å²) in [5.41, 5.74) is 3.78. The van der Waals surface area contributed by atoms with Gasteiger partial charge < -0.3 is 9.80 Å². The molecule has 0 atom stereocenters. The van der Waals surface area contributed by atoms with Gasteiger partial charge in [-0.2, -0.15) is 0 Å². The third kappa shape index (κ3) is 4.06. The minimum Gasteiger partial charge on any atom is -0.371 e. The Labute approximate surface area is 191 Å². The summed E-state index contributed by atoms with van der Waals surface area (Å²) in [4.78, 5) is 27.1. The molecule has 0 bridgehead atoms. The predicted octanol–water partition coefficient (Wildman–Crippen LogP) is 4.46. The lowest BCUT2D eigenvalue weighted by molar-refractivity contribution is 0.629. The smallest absolute Gasteiger partial charge is 0.266 e. The molecule has 0 radical (unpaired) electrons. The van der Waals surface area contributed by atoms with Gasteiger partial charge in [0, 0.05) is 37.7 Å². The standard InChI is InChI=1S/C26H26FN5O/c1-18-24(9-6-12-28-18)32-25(29-23-11-10-19(27)15-22(23)26(32)33)17-30(2)20-7-5-8-21(16-20)31-13-3-4-14-31/h5-12,15-16H,3-4,13-14,17H2,1-2H3. The van der Waals surface area contributed by atoms with Crippen molar-refractivity contribution >= 4 is 22.3 Å². The van der Waals surface area contributed by atoms with E-state index >= 15 is 0 Å². The van der Waals surface area contributed by atoms with E-state index in [1.54, 1.807) is 22.9 Å². The molecular weight excluding hydrogens is 417 g/mol. The number of benzene rings is 2. The van der Waals surface area contributed by atoms with Crippen LogP contribution in [0.15, 0.2) is 65.6 Å². The van der Waals surface area contributed by atoms with Crippen molar-refractivity contribution in [3.8, 4) is 5.69 Å². The maximum Gasteiger partial charge on any atom is 0.266 e. The zero-order valence-corrected chi connectivity index (χ0v) is 18.8. The Bertz CT molecular complexity index is 1380. The molecule has 0 amide bonds. The van der Waals surface area contributed by atoms with Gasteiger partial charge in [-0.05, 0) is 68.3 Å². The molecule has 3 heterocycles. The molecule has 1 fully saturated rings. The number of halogens is 1. The van der Waals surface area contributed by atoms with E-state index in [2.05, 4.69) is 39.0 Å². The molecule has 168 valence electrons. The average molecular weight is 444 g/mol. The Kier molecular flexibility index (Phi) is 5.54. The highest BCUT2D eigenvalue weighted by Gasteiger charge is 2.18. The van der Waals surface area contributed by atoms with Gasteiger partial charge in [0.15, 0.2) is 0 Å². The first kappa shape index (κ1) is 21.1. The molecule has 2 aromatic carbocycles. The largest absolute Gasteiger partial charge is 0.371 e. The van der Waals surface area contributed by atoms with Crippen LogP contribution in [0.2, 0.25) is 0 Å². The van der Waals surface area contributed by atoms with Crippen LogP contribution in [0.1, 0.15) is 24.4 Å². The van der Waals surface area contributed by atoms with Crippen molar-refractivity contribution in [3.05, 3.63) is 88.5 Å². The number of fused-ring (bicyclic) bond motifs is 1. The van der Waals surface area contributed by atoms with Crippen molar-refractivity contribution < 1.29 is 4.39 Å². The second-order valence-electron chi connectivity index (χ2n) is 8.51. The van der Waals surface area contributed by atoms with Gasteiger partial charge in [0.1, 0.15) is 11.6 Å². The number of rotatable bonds is 5. The van der Waals surface area contributed by atoms with Gasteiger partial charge in [0.2, 0.25) is 0 Å². The van der Waals surface area contributed by atoms with Crippen LogP contribution in [-0.2, 0) is 6.54 Å². The molecule has 1 aliphatic rings. The average Bonchev–Trinajstić information content (AvgIpc) is 3.36. The molecular formula is C26H26FN5O. The molecule has 4 aromatic rings. The van der Waals surface area contributed by atoms with Gasteiger partial charge in [-0.25, -0.2) is 9.37 Å². The first-order valence-corrected chi connectivity index (χ1v) is 11.2. The predicted molar refractivity (Wildman–Crippen MR) is 130 cm³/mol. The summed E-state index contributed by atoms with van der Waals surface area (Å²) in [6.07, 6.45) is 4.13. The molecule has 0 spiro atoms. The molecule has 0 N–H and O–H groups in total. The molecule has 33 heavy (non-hydrogen) atoms. The number of nitrogens with zero attached hydrogens (tertiary/aromatic N) is 5. The minimum absolute atomic E-state index is 0.251. The van der Waals surface area contributed by atoms with E-state index in [-0.39, 0.29) is 10.9 Å². The van der Waals surface area contributed by atoms with E-state index in [1.807, 2.05) is 20.0 Å². The molecule has 0 saturated carbocycles. The van der Waals surface area contributed by atoms with Crippen molar-refractivity contribution in [3.63, 3.8) is 0 Å². The Balaban J connectivity index is 1.60. The fourth-order valence-electron chi connectivity index (χ4n) is 4.48. The highest BCUT2D eigenvalue weighted by Crippen LogP contribution is 2.26. The topological polar surface area (TPSA) is 54.3 Å². The van der Waals surface area contributed by atoms with Crippen LogP contribution < -0.4 is 15.4 Å². The normalized spacial score (nSPS) is 13.6. The second kappa shape index (κ2) is 8.65. The highest BCUT2D eigenvalue weighted by atomic mass is 19.1. The Morgan fingerprint density at radius 1 is 1.06 bits per heavy atom. The maximum atomic E-state index is 13.9. The van der Waals surface area contributed by atoms with Crippen LogP contribution in [0.25, 0.3) is 16.6 Å².